The molecule has 0 atom stereocenters. The summed E-state index contributed by atoms with van der Waals surface area (Å²) in [5.41, 5.74) is 0.459. The van der Waals surface area contributed by atoms with Gasteiger partial charge in [-0.3, -0.25) is 9.44 Å². The van der Waals surface area contributed by atoms with Crippen molar-refractivity contribution in [1.82, 2.24) is 0 Å². The van der Waals surface area contributed by atoms with Crippen LogP contribution in [0.15, 0.2) is 76.5 Å². The molecule has 0 aliphatic rings. The minimum absolute atomic E-state index is 0.0650. The third-order valence-electron chi connectivity index (χ3n) is 4.27. The summed E-state index contributed by atoms with van der Waals surface area (Å²) in [5.74, 6) is -0.292. The Bertz CT molecular complexity index is 1290. The number of benzene rings is 3. The van der Waals surface area contributed by atoms with E-state index in [0.717, 1.165) is 6.07 Å². The van der Waals surface area contributed by atoms with Gasteiger partial charge in [-0.05, 0) is 73.7 Å². The molecule has 11 heteroatoms. The van der Waals surface area contributed by atoms with Crippen LogP contribution < -0.4 is 18.9 Å². The van der Waals surface area contributed by atoms with Crippen molar-refractivity contribution in [2.75, 3.05) is 23.2 Å². The molecule has 0 aliphatic carbocycles. The van der Waals surface area contributed by atoms with Crippen LogP contribution in [0.25, 0.3) is 0 Å². The molecule has 3 aromatic rings. The lowest BCUT2D eigenvalue weighted by atomic mass is 10.3. The molecule has 0 aliphatic heterocycles. The summed E-state index contributed by atoms with van der Waals surface area (Å²) in [5, 5.41) is 0. The van der Waals surface area contributed by atoms with Crippen molar-refractivity contribution < 1.29 is 30.7 Å². The Labute approximate surface area is 186 Å². The zero-order valence-electron chi connectivity index (χ0n) is 17.2. The molecule has 0 bridgehead atoms. The molecule has 8 nitrogen and oxygen atoms in total. The van der Waals surface area contributed by atoms with E-state index in [4.69, 9.17) is 9.47 Å². The molecule has 0 aromatic heterocycles. The van der Waals surface area contributed by atoms with Gasteiger partial charge >= 0.3 is 0 Å². The third kappa shape index (κ3) is 5.48. The van der Waals surface area contributed by atoms with Gasteiger partial charge in [-0.25, -0.2) is 21.2 Å². The molecular formula is C21H21FN2O6S2. The molecule has 0 radical (unpaired) electrons. The van der Waals surface area contributed by atoms with E-state index < -0.39 is 25.9 Å². The number of sulfonamides is 2. The van der Waals surface area contributed by atoms with Gasteiger partial charge < -0.3 is 9.47 Å². The van der Waals surface area contributed by atoms with Crippen molar-refractivity contribution in [2.45, 2.75) is 16.7 Å². The average Bonchev–Trinajstić information content (AvgIpc) is 2.75. The number of ether oxygens (including phenoxy) is 2. The highest BCUT2D eigenvalue weighted by Crippen LogP contribution is 2.24. The van der Waals surface area contributed by atoms with Crippen LogP contribution in [0.3, 0.4) is 0 Å². The van der Waals surface area contributed by atoms with Crippen molar-refractivity contribution in [3.05, 3.63) is 72.5 Å². The van der Waals surface area contributed by atoms with Crippen molar-refractivity contribution in [2.24, 2.45) is 0 Å². The minimum atomic E-state index is -4.09. The first kappa shape index (κ1) is 23.4. The van der Waals surface area contributed by atoms with Crippen molar-refractivity contribution in [1.29, 1.82) is 0 Å². The van der Waals surface area contributed by atoms with Gasteiger partial charge in [-0.2, -0.15) is 0 Å². The lowest BCUT2D eigenvalue weighted by Crippen LogP contribution is -2.15. The number of methoxy groups -OCH3 is 1. The van der Waals surface area contributed by atoms with Crippen molar-refractivity contribution in [3.8, 4) is 11.5 Å². The van der Waals surface area contributed by atoms with Gasteiger partial charge in [0.25, 0.3) is 20.0 Å². The predicted molar refractivity (Wildman–Crippen MR) is 119 cm³/mol. The van der Waals surface area contributed by atoms with E-state index in [-0.39, 0.29) is 21.2 Å². The van der Waals surface area contributed by atoms with Crippen LogP contribution >= 0.6 is 0 Å². The summed E-state index contributed by atoms with van der Waals surface area (Å²) in [4.78, 5) is -0.366. The van der Waals surface area contributed by atoms with Gasteiger partial charge in [0, 0.05) is 11.4 Å². The Morgan fingerprint density at radius 3 is 1.78 bits per heavy atom. The fourth-order valence-corrected chi connectivity index (χ4v) is 4.86. The average molecular weight is 481 g/mol. The minimum Gasteiger partial charge on any atom is -0.494 e. The molecule has 2 N–H and O–H groups in total. The quantitative estimate of drug-likeness (QED) is 0.482. The molecule has 170 valence electrons. The molecule has 32 heavy (non-hydrogen) atoms. The largest absolute Gasteiger partial charge is 0.494 e. The second kappa shape index (κ2) is 9.45. The summed E-state index contributed by atoms with van der Waals surface area (Å²) in [6.07, 6.45) is 0. The molecule has 0 fully saturated rings. The van der Waals surface area contributed by atoms with E-state index >= 15 is 0 Å². The Kier molecular flexibility index (Phi) is 6.90. The summed E-state index contributed by atoms with van der Waals surface area (Å²) in [7, 11) is -6.72. The number of anilines is 2. The Hall–Kier alpha value is -3.31. The molecule has 0 saturated heterocycles. The van der Waals surface area contributed by atoms with Crippen LogP contribution in [0.1, 0.15) is 6.92 Å². The topological polar surface area (TPSA) is 111 Å². The van der Waals surface area contributed by atoms with E-state index in [1.807, 2.05) is 6.92 Å². The standard InChI is InChI=1S/C21H21FN2O6S2/c1-3-30-17-8-4-15(5-9-17)23-31(25,26)18-10-6-16(7-11-18)24-32(27,28)19-12-13-21(29-2)20(22)14-19/h4-14,23-24H,3H2,1-2H3. The number of hydrogen-bond donors (Lipinski definition) is 2. The van der Waals surface area contributed by atoms with Gasteiger partial charge in [0.15, 0.2) is 11.6 Å². The number of rotatable bonds is 9. The van der Waals surface area contributed by atoms with Crippen LogP contribution in [0.4, 0.5) is 15.8 Å². The zero-order chi connectivity index (χ0) is 23.4. The van der Waals surface area contributed by atoms with Gasteiger partial charge in [-0.15, -0.1) is 0 Å². The maximum absolute atomic E-state index is 13.8. The molecule has 0 spiro atoms. The molecule has 0 saturated carbocycles. The Balaban J connectivity index is 1.74. The zero-order valence-corrected chi connectivity index (χ0v) is 18.8. The van der Waals surface area contributed by atoms with Crippen molar-refractivity contribution in [3.63, 3.8) is 0 Å². The fraction of sp³-hybridized carbons (Fsp3) is 0.143. The first-order valence-corrected chi connectivity index (χ1v) is 12.3. The normalized spacial score (nSPS) is 11.6. The predicted octanol–water partition coefficient (Wildman–Crippen LogP) is 3.83. The lowest BCUT2D eigenvalue weighted by Gasteiger charge is -2.11. The monoisotopic (exact) mass is 480 g/mol. The van der Waals surface area contributed by atoms with Crippen molar-refractivity contribution >= 4 is 31.4 Å². The van der Waals surface area contributed by atoms with E-state index in [2.05, 4.69) is 9.44 Å². The lowest BCUT2D eigenvalue weighted by molar-refractivity contribution is 0.340. The molecular weight excluding hydrogens is 459 g/mol. The summed E-state index contributed by atoms with van der Waals surface area (Å²) in [6.45, 7) is 2.34. The number of hydrogen-bond acceptors (Lipinski definition) is 6. The van der Waals surface area contributed by atoms with Gasteiger partial charge in [-0.1, -0.05) is 0 Å². The second-order valence-electron chi connectivity index (χ2n) is 6.49. The van der Waals surface area contributed by atoms with Gasteiger partial charge in [0.1, 0.15) is 5.75 Å². The summed E-state index contributed by atoms with van der Waals surface area (Å²) in [6, 6.07) is 14.7. The van der Waals surface area contributed by atoms with Gasteiger partial charge in [0.05, 0.1) is 23.5 Å². The van der Waals surface area contributed by atoms with E-state index in [0.29, 0.717) is 18.0 Å². The maximum atomic E-state index is 13.8. The number of halogens is 1. The summed E-state index contributed by atoms with van der Waals surface area (Å²) < 4.78 is 78.8. The fourth-order valence-electron chi connectivity index (χ4n) is 2.73. The van der Waals surface area contributed by atoms with Crippen LogP contribution in [0.5, 0.6) is 11.5 Å². The Morgan fingerprint density at radius 2 is 1.28 bits per heavy atom. The van der Waals surface area contributed by atoms with E-state index in [9.17, 15) is 21.2 Å². The molecule has 0 heterocycles. The Morgan fingerprint density at radius 1 is 0.781 bits per heavy atom. The molecule has 0 amide bonds. The molecule has 0 unspecified atom stereocenters. The van der Waals surface area contributed by atoms with E-state index in [1.165, 1.54) is 43.5 Å². The first-order chi connectivity index (χ1) is 15.1. The van der Waals surface area contributed by atoms with Crippen LogP contribution in [0, 0.1) is 5.82 Å². The maximum Gasteiger partial charge on any atom is 0.262 e. The number of nitrogens with one attached hydrogen (secondary N) is 2. The highest BCUT2D eigenvalue weighted by molar-refractivity contribution is 7.93. The second-order valence-corrected chi connectivity index (χ2v) is 9.85. The highest BCUT2D eigenvalue weighted by Gasteiger charge is 2.18. The molecule has 3 rings (SSSR count). The smallest absolute Gasteiger partial charge is 0.262 e. The summed E-state index contributed by atoms with van der Waals surface area (Å²) >= 11 is 0. The highest BCUT2D eigenvalue weighted by atomic mass is 32.2. The first-order valence-electron chi connectivity index (χ1n) is 9.37. The third-order valence-corrected chi connectivity index (χ3v) is 7.04. The van der Waals surface area contributed by atoms with E-state index in [1.54, 1.807) is 24.3 Å². The van der Waals surface area contributed by atoms with Crippen LogP contribution in [0.2, 0.25) is 0 Å². The SMILES string of the molecule is CCOc1ccc(NS(=O)(=O)c2ccc(NS(=O)(=O)c3ccc(OC)c(F)c3)cc2)cc1. The molecule has 3 aromatic carbocycles. The van der Waals surface area contributed by atoms with Crippen LogP contribution in [-0.4, -0.2) is 30.6 Å². The van der Waals surface area contributed by atoms with Crippen LogP contribution in [-0.2, 0) is 20.0 Å². The van der Waals surface area contributed by atoms with Gasteiger partial charge in [0.2, 0.25) is 0 Å².